The van der Waals surface area contributed by atoms with E-state index in [1.165, 1.54) is 31.3 Å². The molecule has 1 heterocycles. The van der Waals surface area contributed by atoms with Gasteiger partial charge in [0, 0.05) is 31.3 Å². The van der Waals surface area contributed by atoms with Crippen LogP contribution in [0.15, 0.2) is 42.5 Å². The summed E-state index contributed by atoms with van der Waals surface area (Å²) >= 11 is 0. The molecule has 1 aliphatic heterocycles. The lowest BCUT2D eigenvalue weighted by atomic mass is 9.94. The largest absolute Gasteiger partial charge is 0.427 e. The number of anilines is 1. The summed E-state index contributed by atoms with van der Waals surface area (Å²) in [5, 5.41) is 5.03. The molecule has 1 saturated heterocycles. The number of fused-ring (bicyclic) bond motifs is 2. The summed E-state index contributed by atoms with van der Waals surface area (Å²) in [6.45, 7) is -1.42. The number of benzene rings is 2. The molecule has 0 radical (unpaired) electrons. The number of nitrogens with zero attached hydrogens (tertiary/aromatic N) is 2. The van der Waals surface area contributed by atoms with Crippen molar-refractivity contribution in [3.8, 4) is 0 Å². The first-order chi connectivity index (χ1) is 18.9. The summed E-state index contributed by atoms with van der Waals surface area (Å²) < 4.78 is 61.3. The van der Waals surface area contributed by atoms with Crippen molar-refractivity contribution in [2.75, 3.05) is 18.9 Å². The number of carbonyl (C=O) groups excluding carboxylic acids is 4. The number of nitrogens with one attached hydrogen (secondary N) is 2. The zero-order chi connectivity index (χ0) is 28.8. The minimum atomic E-state index is -4.75. The number of ether oxygens (including phenoxy) is 1. The second kappa shape index (κ2) is 10.1. The first-order valence-electron chi connectivity index (χ1n) is 12.7. The zero-order valence-corrected chi connectivity index (χ0v) is 21.4. The molecule has 1 saturated carbocycles. The lowest BCUT2D eigenvalue weighted by molar-refractivity contribution is -0.196. The molecule has 2 aromatic rings. The summed E-state index contributed by atoms with van der Waals surface area (Å²) in [5.41, 5.74) is 0.0422. The van der Waals surface area contributed by atoms with Gasteiger partial charge in [-0.3, -0.25) is 9.59 Å². The van der Waals surface area contributed by atoms with Crippen LogP contribution in [-0.2, 0) is 32.9 Å². The second-order valence-corrected chi connectivity index (χ2v) is 10.1. The number of hydrogen-bond acceptors (Lipinski definition) is 5. The number of carbonyl (C=O) groups is 4. The van der Waals surface area contributed by atoms with E-state index in [4.69, 9.17) is 4.74 Å². The van der Waals surface area contributed by atoms with Gasteiger partial charge in [0.15, 0.2) is 0 Å². The number of urea groups is 1. The Hall–Kier alpha value is -4.16. The van der Waals surface area contributed by atoms with E-state index in [2.05, 4.69) is 10.6 Å². The molecule has 9 nitrogen and oxygen atoms in total. The van der Waals surface area contributed by atoms with E-state index in [0.717, 1.165) is 12.1 Å². The molecule has 0 aromatic heterocycles. The first-order valence-corrected chi connectivity index (χ1v) is 12.7. The number of imide groups is 1. The van der Waals surface area contributed by atoms with Gasteiger partial charge in [-0.15, -0.1) is 0 Å². The standard InChI is InChI=1S/C27H26F4N4O5/c1-32-24(38)33-19-8-9-20-17(12-19)10-11-26(20)23(37)35(25(39)40-26)14-21(36)34(13-15-2-6-18(28)7-3-15)22(16-4-5-16)27(29,30)31/h2-3,6-9,12,16,22H,4-5,10-11,13-14H2,1H3,(H2,32,33,38)/t22-,26-/m1/s1. The summed E-state index contributed by atoms with van der Waals surface area (Å²) in [6.07, 6.45) is -4.92. The van der Waals surface area contributed by atoms with E-state index in [-0.39, 0.29) is 24.8 Å². The highest BCUT2D eigenvalue weighted by Crippen LogP contribution is 2.47. The van der Waals surface area contributed by atoms with Crippen molar-refractivity contribution in [1.82, 2.24) is 15.1 Å². The van der Waals surface area contributed by atoms with Crippen LogP contribution in [0.25, 0.3) is 0 Å². The van der Waals surface area contributed by atoms with E-state index < -0.39 is 66.6 Å². The van der Waals surface area contributed by atoms with Crippen LogP contribution in [0.4, 0.5) is 32.8 Å². The van der Waals surface area contributed by atoms with E-state index in [1.54, 1.807) is 6.07 Å². The summed E-state index contributed by atoms with van der Waals surface area (Å²) in [6, 6.07) is 6.86. The number of halogens is 4. The van der Waals surface area contributed by atoms with Gasteiger partial charge in [-0.2, -0.15) is 13.2 Å². The lowest BCUT2D eigenvalue weighted by Gasteiger charge is -2.34. The normalized spacial score (nSPS) is 20.8. The fourth-order valence-electron chi connectivity index (χ4n) is 5.39. The average Bonchev–Trinajstić information content (AvgIpc) is 3.62. The quantitative estimate of drug-likeness (QED) is 0.495. The molecule has 40 heavy (non-hydrogen) atoms. The van der Waals surface area contributed by atoms with Gasteiger partial charge >= 0.3 is 18.3 Å². The Labute approximate surface area is 226 Å². The highest BCUT2D eigenvalue weighted by Gasteiger charge is 2.59. The Morgan fingerprint density at radius 3 is 2.48 bits per heavy atom. The minimum absolute atomic E-state index is 0.0770. The van der Waals surface area contributed by atoms with Crippen LogP contribution in [0.2, 0.25) is 0 Å². The molecule has 13 heteroatoms. The zero-order valence-electron chi connectivity index (χ0n) is 21.4. The van der Waals surface area contributed by atoms with Crippen molar-refractivity contribution in [3.63, 3.8) is 0 Å². The molecule has 5 rings (SSSR count). The van der Waals surface area contributed by atoms with Gasteiger partial charge in [0.25, 0.3) is 5.91 Å². The van der Waals surface area contributed by atoms with Gasteiger partial charge in [-0.25, -0.2) is 18.9 Å². The third-order valence-electron chi connectivity index (χ3n) is 7.46. The van der Waals surface area contributed by atoms with Crippen LogP contribution in [0.3, 0.4) is 0 Å². The van der Waals surface area contributed by atoms with Crippen molar-refractivity contribution in [2.24, 2.45) is 5.92 Å². The van der Waals surface area contributed by atoms with Crippen LogP contribution in [-0.4, -0.2) is 59.5 Å². The minimum Gasteiger partial charge on any atom is -0.427 e. The molecule has 5 amide bonds. The maximum Gasteiger partial charge on any atom is 0.418 e. The Balaban J connectivity index is 1.39. The van der Waals surface area contributed by atoms with Crippen LogP contribution in [0, 0.1) is 11.7 Å². The van der Waals surface area contributed by atoms with E-state index in [1.807, 2.05) is 0 Å². The third kappa shape index (κ3) is 5.07. The fraction of sp³-hybridized carbons (Fsp3) is 0.407. The summed E-state index contributed by atoms with van der Waals surface area (Å²) in [5.74, 6) is -3.31. The molecular weight excluding hydrogens is 536 g/mol. The van der Waals surface area contributed by atoms with Gasteiger partial charge in [-0.05, 0) is 60.6 Å². The first kappa shape index (κ1) is 27.4. The molecule has 212 valence electrons. The van der Waals surface area contributed by atoms with Crippen LogP contribution in [0.5, 0.6) is 0 Å². The number of amides is 5. The van der Waals surface area contributed by atoms with Crippen molar-refractivity contribution >= 4 is 29.6 Å². The molecule has 2 fully saturated rings. The van der Waals surface area contributed by atoms with Crippen LogP contribution < -0.4 is 10.6 Å². The molecular formula is C27H26F4N4O5. The highest BCUT2D eigenvalue weighted by molar-refractivity contribution is 6.06. The number of aryl methyl sites for hydroxylation is 1. The Kier molecular flexibility index (Phi) is 6.92. The van der Waals surface area contributed by atoms with Gasteiger partial charge in [0.1, 0.15) is 18.4 Å². The Morgan fingerprint density at radius 1 is 1.15 bits per heavy atom. The highest BCUT2D eigenvalue weighted by atomic mass is 19.4. The van der Waals surface area contributed by atoms with Crippen molar-refractivity contribution in [2.45, 2.75) is 50.0 Å². The summed E-state index contributed by atoms with van der Waals surface area (Å²) in [7, 11) is 1.45. The predicted molar refractivity (Wildman–Crippen MR) is 132 cm³/mol. The monoisotopic (exact) mass is 562 g/mol. The molecule has 2 atom stereocenters. The topological polar surface area (TPSA) is 108 Å². The third-order valence-corrected chi connectivity index (χ3v) is 7.46. The molecule has 1 spiro atoms. The van der Waals surface area contributed by atoms with Crippen LogP contribution >= 0.6 is 0 Å². The van der Waals surface area contributed by atoms with Gasteiger partial charge in [0.05, 0.1) is 0 Å². The number of alkyl halides is 3. The molecule has 0 unspecified atom stereocenters. The maximum absolute atomic E-state index is 14.1. The molecule has 2 N–H and O–H groups in total. The molecule has 2 aromatic carbocycles. The number of rotatable bonds is 7. The van der Waals surface area contributed by atoms with Crippen LogP contribution in [0.1, 0.15) is 36.0 Å². The lowest BCUT2D eigenvalue weighted by Crippen LogP contribution is -2.53. The fourth-order valence-corrected chi connectivity index (χ4v) is 5.39. The van der Waals surface area contributed by atoms with E-state index >= 15 is 0 Å². The second-order valence-electron chi connectivity index (χ2n) is 10.1. The predicted octanol–water partition coefficient (Wildman–Crippen LogP) is 4.07. The molecule has 3 aliphatic rings. The maximum atomic E-state index is 14.1. The van der Waals surface area contributed by atoms with E-state index in [0.29, 0.717) is 33.0 Å². The Morgan fingerprint density at radius 2 is 1.85 bits per heavy atom. The van der Waals surface area contributed by atoms with Crippen molar-refractivity contribution in [1.29, 1.82) is 0 Å². The smallest absolute Gasteiger partial charge is 0.418 e. The van der Waals surface area contributed by atoms with Crippen molar-refractivity contribution < 1.29 is 41.5 Å². The van der Waals surface area contributed by atoms with E-state index in [9.17, 15) is 36.7 Å². The van der Waals surface area contributed by atoms with Crippen molar-refractivity contribution in [3.05, 3.63) is 65.0 Å². The summed E-state index contributed by atoms with van der Waals surface area (Å²) in [4.78, 5) is 52.6. The van der Waals surface area contributed by atoms with Gasteiger partial charge < -0.3 is 20.3 Å². The number of hydrogen-bond donors (Lipinski definition) is 2. The molecule has 0 bridgehead atoms. The van der Waals surface area contributed by atoms with Gasteiger partial charge in [0.2, 0.25) is 11.5 Å². The Bertz CT molecular complexity index is 1360. The average molecular weight is 563 g/mol. The SMILES string of the molecule is CNC(=O)Nc1ccc2c(c1)CC[C@@]21OC(=O)N(CC(=O)N(Cc2ccc(F)cc2)[C@H](C2CC2)C(F)(F)F)C1=O. The van der Waals surface area contributed by atoms with Gasteiger partial charge in [-0.1, -0.05) is 18.2 Å². The molecule has 2 aliphatic carbocycles.